The van der Waals surface area contributed by atoms with Gasteiger partial charge >= 0.3 is 0 Å². The first kappa shape index (κ1) is 24.2. The monoisotopic (exact) mass is 490 g/mol. The summed E-state index contributed by atoms with van der Waals surface area (Å²) in [5.74, 6) is 0.757. The van der Waals surface area contributed by atoms with E-state index in [-0.39, 0.29) is 18.2 Å². The van der Waals surface area contributed by atoms with Gasteiger partial charge in [0.05, 0.1) is 31.1 Å². The molecular formula is C26H26N4O4S. The molecule has 0 saturated heterocycles. The lowest BCUT2D eigenvalue weighted by Crippen LogP contribution is -2.30. The zero-order chi connectivity index (χ0) is 24.9. The number of rotatable bonds is 8. The van der Waals surface area contributed by atoms with Gasteiger partial charge in [-0.3, -0.25) is 14.2 Å². The fourth-order valence-electron chi connectivity index (χ4n) is 3.51. The largest absolute Gasteiger partial charge is 0.493 e. The third kappa shape index (κ3) is 5.58. The summed E-state index contributed by atoms with van der Waals surface area (Å²) >= 11 is 1.41. The number of fused-ring (bicyclic) bond motifs is 1. The number of nitrogens with one attached hydrogen (secondary N) is 1. The van der Waals surface area contributed by atoms with Crippen molar-refractivity contribution in [2.24, 2.45) is 5.10 Å². The highest BCUT2D eigenvalue weighted by molar-refractivity contribution is 7.17. The third-order valence-electron chi connectivity index (χ3n) is 5.19. The van der Waals surface area contributed by atoms with Gasteiger partial charge in [0.25, 0.3) is 11.5 Å². The molecule has 2 heterocycles. The van der Waals surface area contributed by atoms with E-state index >= 15 is 0 Å². The van der Waals surface area contributed by atoms with Crippen molar-refractivity contribution in [1.82, 2.24) is 15.0 Å². The van der Waals surface area contributed by atoms with Gasteiger partial charge in [-0.1, -0.05) is 29.8 Å². The number of hydrogen-bond donors (Lipinski definition) is 1. The molecule has 9 heteroatoms. The minimum atomic E-state index is -0.441. The van der Waals surface area contributed by atoms with E-state index in [1.807, 2.05) is 50.4 Å². The van der Waals surface area contributed by atoms with Crippen LogP contribution in [0.2, 0.25) is 0 Å². The molecule has 4 aromatic rings. The number of amides is 1. The van der Waals surface area contributed by atoms with Crippen LogP contribution in [-0.2, 0) is 11.3 Å². The van der Waals surface area contributed by atoms with Crippen molar-refractivity contribution in [3.63, 3.8) is 0 Å². The number of ether oxygens (including phenoxy) is 2. The first-order chi connectivity index (χ1) is 16.9. The Morgan fingerprint density at radius 3 is 2.69 bits per heavy atom. The summed E-state index contributed by atoms with van der Waals surface area (Å²) in [5.41, 5.74) is 5.80. The van der Waals surface area contributed by atoms with Gasteiger partial charge in [-0.15, -0.1) is 11.3 Å². The van der Waals surface area contributed by atoms with E-state index in [0.717, 1.165) is 22.3 Å². The van der Waals surface area contributed by atoms with Gasteiger partial charge in [-0.2, -0.15) is 5.10 Å². The van der Waals surface area contributed by atoms with Gasteiger partial charge in [0, 0.05) is 10.9 Å². The van der Waals surface area contributed by atoms with Gasteiger partial charge < -0.3 is 9.47 Å². The van der Waals surface area contributed by atoms with Crippen molar-refractivity contribution in [2.75, 3.05) is 7.11 Å². The Kier molecular flexibility index (Phi) is 7.26. The van der Waals surface area contributed by atoms with E-state index in [2.05, 4.69) is 15.5 Å². The highest BCUT2D eigenvalue weighted by atomic mass is 32.1. The van der Waals surface area contributed by atoms with Crippen molar-refractivity contribution < 1.29 is 14.3 Å². The Labute approximate surface area is 206 Å². The summed E-state index contributed by atoms with van der Waals surface area (Å²) < 4.78 is 12.4. The maximum atomic E-state index is 13.1. The number of aromatic nitrogens is 2. The number of thiophene rings is 1. The Morgan fingerprint density at radius 1 is 1.20 bits per heavy atom. The summed E-state index contributed by atoms with van der Waals surface area (Å²) in [4.78, 5) is 30.6. The summed E-state index contributed by atoms with van der Waals surface area (Å²) in [6.07, 6.45) is 2.90. The Hall–Kier alpha value is -3.98. The van der Waals surface area contributed by atoms with E-state index in [0.29, 0.717) is 21.7 Å². The molecule has 8 nitrogen and oxygen atoms in total. The van der Waals surface area contributed by atoms with Crippen LogP contribution in [0.25, 0.3) is 21.3 Å². The molecule has 1 N–H and O–H groups in total. The summed E-state index contributed by atoms with van der Waals surface area (Å²) in [6.45, 7) is 5.68. The first-order valence-electron chi connectivity index (χ1n) is 11.1. The van der Waals surface area contributed by atoms with Gasteiger partial charge in [0.2, 0.25) is 0 Å². The van der Waals surface area contributed by atoms with Crippen LogP contribution in [-0.4, -0.2) is 34.9 Å². The van der Waals surface area contributed by atoms with Crippen molar-refractivity contribution in [3.05, 3.63) is 75.7 Å². The topological polar surface area (TPSA) is 94.8 Å². The van der Waals surface area contributed by atoms with Crippen molar-refractivity contribution in [2.45, 2.75) is 33.4 Å². The van der Waals surface area contributed by atoms with E-state index < -0.39 is 5.91 Å². The predicted molar refractivity (Wildman–Crippen MR) is 139 cm³/mol. The zero-order valence-corrected chi connectivity index (χ0v) is 20.8. The molecular weight excluding hydrogens is 464 g/mol. The van der Waals surface area contributed by atoms with Gasteiger partial charge in [0.1, 0.15) is 11.4 Å². The van der Waals surface area contributed by atoms with Crippen molar-refractivity contribution >= 4 is 33.7 Å². The number of carbonyl (C=O) groups is 1. The maximum absolute atomic E-state index is 13.1. The van der Waals surface area contributed by atoms with Gasteiger partial charge in [-0.25, -0.2) is 10.4 Å². The van der Waals surface area contributed by atoms with Crippen LogP contribution in [0, 0.1) is 6.92 Å². The average molecular weight is 491 g/mol. The number of carbonyl (C=O) groups excluding carboxylic acids is 1. The standard InChI is InChI=1S/C26H26N4O4S/c1-16(2)34-21-10-7-18(11-22(21)33-4)12-28-29-23(31)13-30-15-27-25-24(26(30)32)20(14-35-25)19-8-5-17(3)6-9-19/h5-12,14-16H,13H2,1-4H3,(H,29,31)/b28-12-. The maximum Gasteiger partial charge on any atom is 0.263 e. The Bertz CT molecular complexity index is 1440. The second-order valence-corrected chi connectivity index (χ2v) is 9.10. The first-order valence-corrected chi connectivity index (χ1v) is 11.9. The molecule has 4 rings (SSSR count). The zero-order valence-electron chi connectivity index (χ0n) is 19.9. The van der Waals surface area contributed by atoms with Crippen LogP contribution in [0.15, 0.2) is 64.1 Å². The summed E-state index contributed by atoms with van der Waals surface area (Å²) in [7, 11) is 1.56. The highest BCUT2D eigenvalue weighted by Crippen LogP contribution is 2.31. The fraction of sp³-hybridized carbons (Fsp3) is 0.231. The summed E-state index contributed by atoms with van der Waals surface area (Å²) in [6, 6.07) is 13.3. The molecule has 0 aliphatic heterocycles. The van der Waals surface area contributed by atoms with Gasteiger partial charge in [0.15, 0.2) is 11.5 Å². The molecule has 180 valence electrons. The minimum absolute atomic E-state index is 0.0156. The molecule has 2 aromatic heterocycles. The molecule has 0 aliphatic carbocycles. The van der Waals surface area contributed by atoms with Crippen LogP contribution in [0.3, 0.4) is 0 Å². The second kappa shape index (κ2) is 10.5. The molecule has 2 aromatic carbocycles. The second-order valence-electron chi connectivity index (χ2n) is 8.24. The lowest BCUT2D eigenvalue weighted by atomic mass is 10.1. The number of nitrogens with zero attached hydrogens (tertiary/aromatic N) is 3. The average Bonchev–Trinajstić information content (AvgIpc) is 3.27. The van der Waals surface area contributed by atoms with Crippen molar-refractivity contribution in [1.29, 1.82) is 0 Å². The normalized spacial score (nSPS) is 11.3. The van der Waals surface area contributed by atoms with E-state index in [9.17, 15) is 9.59 Å². The van der Waals surface area contributed by atoms with Crippen molar-refractivity contribution in [3.8, 4) is 22.6 Å². The number of aryl methyl sites for hydroxylation is 1. The quantitative estimate of drug-likeness (QED) is 0.292. The van der Waals surface area contributed by atoms with Crippen LogP contribution >= 0.6 is 11.3 Å². The molecule has 1 amide bonds. The highest BCUT2D eigenvalue weighted by Gasteiger charge is 2.14. The number of hydrogen-bond acceptors (Lipinski definition) is 7. The van der Waals surface area contributed by atoms with E-state index in [1.165, 1.54) is 28.4 Å². The summed E-state index contributed by atoms with van der Waals surface area (Å²) in [5, 5.41) is 6.43. The smallest absolute Gasteiger partial charge is 0.263 e. The van der Waals surface area contributed by atoms with Crippen LogP contribution in [0.4, 0.5) is 0 Å². The van der Waals surface area contributed by atoms with E-state index in [1.54, 1.807) is 25.3 Å². The SMILES string of the molecule is COc1cc(/C=N\NC(=O)Cn2cnc3scc(-c4ccc(C)cc4)c3c2=O)ccc1OC(C)C. The van der Waals surface area contributed by atoms with Crippen LogP contribution in [0.1, 0.15) is 25.0 Å². The number of hydrazone groups is 1. The molecule has 0 saturated carbocycles. The fourth-order valence-corrected chi connectivity index (χ4v) is 4.42. The molecule has 0 atom stereocenters. The van der Waals surface area contributed by atoms with Gasteiger partial charge in [-0.05, 0) is 50.1 Å². The lowest BCUT2D eigenvalue weighted by Gasteiger charge is -2.13. The molecule has 0 aliphatic rings. The molecule has 35 heavy (non-hydrogen) atoms. The molecule has 0 spiro atoms. The molecule has 0 bridgehead atoms. The van der Waals surface area contributed by atoms with E-state index in [4.69, 9.17) is 9.47 Å². The number of methoxy groups -OCH3 is 1. The Morgan fingerprint density at radius 2 is 1.97 bits per heavy atom. The predicted octanol–water partition coefficient (Wildman–Crippen LogP) is 4.38. The number of benzene rings is 2. The molecule has 0 radical (unpaired) electrons. The third-order valence-corrected chi connectivity index (χ3v) is 6.08. The van der Waals surface area contributed by atoms with Crippen LogP contribution < -0.4 is 20.5 Å². The minimum Gasteiger partial charge on any atom is -0.493 e. The molecule has 0 fully saturated rings. The van der Waals surface area contributed by atoms with Crippen LogP contribution in [0.5, 0.6) is 11.5 Å². The molecule has 0 unspecified atom stereocenters. The Balaban J connectivity index is 1.48. The lowest BCUT2D eigenvalue weighted by molar-refractivity contribution is -0.121.